The molecule has 0 unspecified atom stereocenters. The van der Waals surface area contributed by atoms with Crippen LogP contribution in [0.15, 0.2) is 64.9 Å². The molecule has 3 aromatic rings. The number of rotatable bonds is 9. The van der Waals surface area contributed by atoms with Crippen LogP contribution in [0, 0.1) is 10.1 Å². The predicted molar refractivity (Wildman–Crippen MR) is 117 cm³/mol. The van der Waals surface area contributed by atoms with Crippen LogP contribution in [0.3, 0.4) is 0 Å². The molecule has 2 aromatic carbocycles. The summed E-state index contributed by atoms with van der Waals surface area (Å²) in [6.45, 7) is 0. The van der Waals surface area contributed by atoms with Gasteiger partial charge in [-0.2, -0.15) is 15.2 Å². The van der Waals surface area contributed by atoms with Crippen LogP contribution in [-0.4, -0.2) is 41.5 Å². The number of nitrogens with zero attached hydrogens (tertiary/aromatic N) is 5. The van der Waals surface area contributed by atoms with Crippen molar-refractivity contribution in [2.75, 3.05) is 25.1 Å². The Hall–Kier alpha value is -4.54. The summed E-state index contributed by atoms with van der Waals surface area (Å²) in [4.78, 5) is 18.6. The predicted octanol–water partition coefficient (Wildman–Crippen LogP) is 3.29. The van der Waals surface area contributed by atoms with E-state index >= 15 is 0 Å². The first-order valence-corrected chi connectivity index (χ1v) is 8.96. The Balaban J connectivity index is 1.69. The lowest BCUT2D eigenvalue weighted by atomic mass is 10.2. The SMILES string of the molecule is COc1ccc(C=NNc2ncc([N+](=O)[O-])c(NN=Cc3ccc(OC)cc3)n2)cc1. The second kappa shape index (κ2) is 10.3. The molecule has 11 nitrogen and oxygen atoms in total. The van der Waals surface area contributed by atoms with Crippen molar-refractivity contribution in [3.8, 4) is 11.5 Å². The van der Waals surface area contributed by atoms with Gasteiger partial charge in [-0.25, -0.2) is 10.4 Å². The van der Waals surface area contributed by atoms with Crippen molar-refractivity contribution in [3.05, 3.63) is 76.0 Å². The second-order valence-corrected chi connectivity index (χ2v) is 5.97. The number of benzene rings is 2. The molecule has 0 atom stereocenters. The van der Waals surface area contributed by atoms with E-state index in [1.54, 1.807) is 56.8 Å². The third-order valence-electron chi connectivity index (χ3n) is 3.96. The molecule has 158 valence electrons. The molecular weight excluding hydrogens is 402 g/mol. The number of ether oxygens (including phenoxy) is 2. The van der Waals surface area contributed by atoms with Crippen LogP contribution in [-0.2, 0) is 0 Å². The summed E-state index contributed by atoms with van der Waals surface area (Å²) >= 11 is 0. The molecule has 0 aliphatic rings. The maximum absolute atomic E-state index is 11.2. The minimum absolute atomic E-state index is 0.0671. The van der Waals surface area contributed by atoms with E-state index in [-0.39, 0.29) is 17.5 Å². The van der Waals surface area contributed by atoms with E-state index < -0.39 is 4.92 Å². The van der Waals surface area contributed by atoms with Gasteiger partial charge in [0.15, 0.2) is 0 Å². The normalized spacial score (nSPS) is 10.9. The molecule has 0 aliphatic heterocycles. The van der Waals surface area contributed by atoms with Gasteiger partial charge in [0, 0.05) is 0 Å². The lowest BCUT2D eigenvalue weighted by Gasteiger charge is -2.04. The first kappa shape index (κ1) is 21.2. The van der Waals surface area contributed by atoms with Gasteiger partial charge in [-0.15, -0.1) is 0 Å². The van der Waals surface area contributed by atoms with Crippen LogP contribution >= 0.6 is 0 Å². The highest BCUT2D eigenvalue weighted by Crippen LogP contribution is 2.22. The topological polar surface area (TPSA) is 136 Å². The highest BCUT2D eigenvalue weighted by Gasteiger charge is 2.16. The Bertz CT molecular complexity index is 1080. The van der Waals surface area contributed by atoms with E-state index in [9.17, 15) is 10.1 Å². The molecule has 2 N–H and O–H groups in total. The van der Waals surface area contributed by atoms with Gasteiger partial charge in [0.05, 0.1) is 31.6 Å². The minimum Gasteiger partial charge on any atom is -0.497 e. The zero-order chi connectivity index (χ0) is 22.1. The van der Waals surface area contributed by atoms with Crippen LogP contribution in [0.25, 0.3) is 0 Å². The van der Waals surface area contributed by atoms with Gasteiger partial charge >= 0.3 is 5.69 Å². The fourth-order valence-corrected chi connectivity index (χ4v) is 2.36. The molecule has 11 heteroatoms. The Morgan fingerprint density at radius 2 is 1.42 bits per heavy atom. The largest absolute Gasteiger partial charge is 0.497 e. The number of aromatic nitrogens is 2. The molecule has 0 fully saturated rings. The smallest absolute Gasteiger partial charge is 0.331 e. The molecule has 3 rings (SSSR count). The molecule has 0 radical (unpaired) electrons. The van der Waals surface area contributed by atoms with Crippen molar-refractivity contribution in [3.63, 3.8) is 0 Å². The highest BCUT2D eigenvalue weighted by molar-refractivity contribution is 5.81. The first-order chi connectivity index (χ1) is 15.1. The molecule has 1 aromatic heterocycles. The summed E-state index contributed by atoms with van der Waals surface area (Å²) in [5.41, 5.74) is 6.47. The van der Waals surface area contributed by atoms with E-state index in [0.29, 0.717) is 5.75 Å². The van der Waals surface area contributed by atoms with Crippen molar-refractivity contribution in [1.82, 2.24) is 9.97 Å². The maximum atomic E-state index is 11.2. The van der Waals surface area contributed by atoms with Gasteiger partial charge in [-0.1, -0.05) is 0 Å². The quantitative estimate of drug-likeness (QED) is 0.305. The van der Waals surface area contributed by atoms with Gasteiger partial charge in [0.1, 0.15) is 17.7 Å². The summed E-state index contributed by atoms with van der Waals surface area (Å²) < 4.78 is 10.2. The maximum Gasteiger partial charge on any atom is 0.331 e. The molecule has 0 spiro atoms. The minimum atomic E-state index is -0.602. The lowest BCUT2D eigenvalue weighted by Crippen LogP contribution is -2.04. The zero-order valence-corrected chi connectivity index (χ0v) is 16.7. The van der Waals surface area contributed by atoms with E-state index in [0.717, 1.165) is 23.1 Å². The average Bonchev–Trinajstić information content (AvgIpc) is 2.80. The third-order valence-corrected chi connectivity index (χ3v) is 3.96. The Labute approximate surface area is 177 Å². The average molecular weight is 421 g/mol. The van der Waals surface area contributed by atoms with E-state index in [2.05, 4.69) is 31.0 Å². The Kier molecular flexibility index (Phi) is 7.03. The van der Waals surface area contributed by atoms with Gasteiger partial charge in [0.2, 0.25) is 11.8 Å². The molecule has 0 amide bonds. The number of methoxy groups -OCH3 is 2. The van der Waals surface area contributed by atoms with Gasteiger partial charge in [0.25, 0.3) is 0 Å². The van der Waals surface area contributed by atoms with Crippen LogP contribution in [0.5, 0.6) is 11.5 Å². The fraction of sp³-hybridized carbons (Fsp3) is 0.100. The summed E-state index contributed by atoms with van der Waals surface area (Å²) in [6, 6.07) is 14.4. The van der Waals surface area contributed by atoms with Crippen molar-refractivity contribution < 1.29 is 14.4 Å². The highest BCUT2D eigenvalue weighted by atomic mass is 16.6. The van der Waals surface area contributed by atoms with Gasteiger partial charge < -0.3 is 9.47 Å². The van der Waals surface area contributed by atoms with Crippen molar-refractivity contribution >= 4 is 29.9 Å². The summed E-state index contributed by atoms with van der Waals surface area (Å²) in [5, 5.41) is 19.3. The van der Waals surface area contributed by atoms with Crippen LogP contribution in [0.2, 0.25) is 0 Å². The summed E-state index contributed by atoms with van der Waals surface area (Å²) in [6.07, 6.45) is 4.13. The number of nitrogens with one attached hydrogen (secondary N) is 2. The third kappa shape index (κ3) is 5.97. The lowest BCUT2D eigenvalue weighted by molar-refractivity contribution is -0.384. The summed E-state index contributed by atoms with van der Waals surface area (Å²) in [5.74, 6) is 1.43. The second-order valence-electron chi connectivity index (χ2n) is 5.97. The monoisotopic (exact) mass is 421 g/mol. The van der Waals surface area contributed by atoms with Crippen LogP contribution in [0.4, 0.5) is 17.5 Å². The Morgan fingerprint density at radius 3 is 1.90 bits per heavy atom. The molecule has 0 saturated carbocycles. The Morgan fingerprint density at radius 1 is 0.903 bits per heavy atom. The zero-order valence-electron chi connectivity index (χ0n) is 16.7. The number of hydrazone groups is 2. The number of nitro groups is 1. The standard InChI is InChI=1S/C20H19N7O4/c1-30-16-7-3-14(4-8-16)11-22-25-19-18(27(28)29)13-21-20(24-19)26-23-12-15-5-9-17(31-2)10-6-15/h3-13H,1-2H3,(H2,21,24,25,26). The first-order valence-electron chi connectivity index (χ1n) is 8.96. The van der Waals surface area contributed by atoms with Crippen molar-refractivity contribution in [1.29, 1.82) is 0 Å². The molecule has 0 bridgehead atoms. The molecule has 0 saturated heterocycles. The van der Waals surface area contributed by atoms with Crippen molar-refractivity contribution in [2.45, 2.75) is 0 Å². The number of hydrogen-bond donors (Lipinski definition) is 2. The van der Waals surface area contributed by atoms with Gasteiger partial charge in [-0.05, 0) is 59.7 Å². The number of anilines is 2. The van der Waals surface area contributed by atoms with Crippen LogP contribution < -0.4 is 20.3 Å². The summed E-state index contributed by atoms with van der Waals surface area (Å²) in [7, 11) is 3.16. The van der Waals surface area contributed by atoms with E-state index in [1.165, 1.54) is 6.21 Å². The molecular formula is C20H19N7O4. The molecule has 1 heterocycles. The fourth-order valence-electron chi connectivity index (χ4n) is 2.36. The molecule has 0 aliphatic carbocycles. The van der Waals surface area contributed by atoms with E-state index in [1.807, 2.05) is 12.1 Å². The van der Waals surface area contributed by atoms with Gasteiger partial charge in [-0.3, -0.25) is 15.5 Å². The van der Waals surface area contributed by atoms with Crippen molar-refractivity contribution in [2.24, 2.45) is 10.2 Å². The molecule has 31 heavy (non-hydrogen) atoms. The number of hydrogen-bond acceptors (Lipinski definition) is 10. The van der Waals surface area contributed by atoms with E-state index in [4.69, 9.17) is 9.47 Å². The van der Waals surface area contributed by atoms with Crippen LogP contribution in [0.1, 0.15) is 11.1 Å².